The Morgan fingerprint density at radius 3 is 2.62 bits per heavy atom. The summed E-state index contributed by atoms with van der Waals surface area (Å²) < 4.78 is 27.7. The van der Waals surface area contributed by atoms with E-state index >= 15 is 0 Å². The zero-order valence-electron chi connectivity index (χ0n) is 18.1. The molecule has 0 atom stereocenters. The van der Waals surface area contributed by atoms with Crippen LogP contribution in [-0.2, 0) is 21.2 Å². The minimum absolute atomic E-state index is 0.123. The molecular weight excluding hydrogens is 464 g/mol. The van der Waals surface area contributed by atoms with Gasteiger partial charge in [-0.05, 0) is 42.5 Å². The molecule has 3 heterocycles. The Hall–Kier alpha value is -2.27. The Labute approximate surface area is 196 Å². The standard InChI is InChI=1S/C22H26N4O3S3/c1-25(2)19-9-8-17(32(28,29)26-10-4-3-5-11-26)14-18(19)24-21(27)13-16-15-31-22(23-16)20-7-6-12-30-20/h6-9,12,14-15H,3-5,10-11,13H2,1-2H3,(H,24,27). The summed E-state index contributed by atoms with van der Waals surface area (Å²) >= 11 is 3.12. The van der Waals surface area contributed by atoms with Gasteiger partial charge in [-0.15, -0.1) is 22.7 Å². The lowest BCUT2D eigenvalue weighted by molar-refractivity contribution is -0.115. The Balaban J connectivity index is 1.54. The average molecular weight is 491 g/mol. The van der Waals surface area contributed by atoms with E-state index in [1.165, 1.54) is 15.6 Å². The van der Waals surface area contributed by atoms with Gasteiger partial charge in [-0.3, -0.25) is 4.79 Å². The molecule has 7 nitrogen and oxygen atoms in total. The lowest BCUT2D eigenvalue weighted by Gasteiger charge is -2.26. The second kappa shape index (κ2) is 9.70. The van der Waals surface area contributed by atoms with Gasteiger partial charge in [0, 0.05) is 32.6 Å². The van der Waals surface area contributed by atoms with Crippen LogP contribution in [0.25, 0.3) is 9.88 Å². The molecule has 1 amide bonds. The number of rotatable bonds is 7. The molecule has 1 aliphatic heterocycles. The van der Waals surface area contributed by atoms with E-state index in [0.29, 0.717) is 24.5 Å². The highest BCUT2D eigenvalue weighted by Gasteiger charge is 2.27. The zero-order chi connectivity index (χ0) is 22.7. The molecule has 0 spiro atoms. The van der Waals surface area contributed by atoms with Crippen molar-refractivity contribution in [2.75, 3.05) is 37.4 Å². The number of hydrogen-bond donors (Lipinski definition) is 1. The molecule has 1 aromatic carbocycles. The van der Waals surface area contributed by atoms with Crippen molar-refractivity contribution < 1.29 is 13.2 Å². The maximum atomic E-state index is 13.1. The number of carbonyl (C=O) groups is 1. The minimum Gasteiger partial charge on any atom is -0.376 e. The van der Waals surface area contributed by atoms with E-state index in [1.54, 1.807) is 29.5 Å². The molecule has 170 valence electrons. The lowest BCUT2D eigenvalue weighted by Crippen LogP contribution is -2.35. The van der Waals surface area contributed by atoms with Crippen molar-refractivity contribution in [3.8, 4) is 9.88 Å². The number of piperidine rings is 1. The number of sulfonamides is 1. The zero-order valence-corrected chi connectivity index (χ0v) is 20.5. The molecule has 1 N–H and O–H groups in total. The largest absolute Gasteiger partial charge is 0.376 e. The highest BCUT2D eigenvalue weighted by molar-refractivity contribution is 7.89. The van der Waals surface area contributed by atoms with Crippen LogP contribution in [0, 0.1) is 0 Å². The van der Waals surface area contributed by atoms with Crippen LogP contribution in [-0.4, -0.2) is 50.8 Å². The molecule has 0 unspecified atom stereocenters. The summed E-state index contributed by atoms with van der Waals surface area (Å²) in [7, 11) is 0.128. The van der Waals surface area contributed by atoms with Crippen LogP contribution in [0.2, 0.25) is 0 Å². The van der Waals surface area contributed by atoms with Crippen molar-refractivity contribution in [1.82, 2.24) is 9.29 Å². The maximum Gasteiger partial charge on any atom is 0.243 e. The fourth-order valence-electron chi connectivity index (χ4n) is 3.68. The fourth-order valence-corrected chi connectivity index (χ4v) is 6.86. The quantitative estimate of drug-likeness (QED) is 0.534. The highest BCUT2D eigenvalue weighted by atomic mass is 32.2. The third-order valence-electron chi connectivity index (χ3n) is 5.30. The molecule has 0 aliphatic carbocycles. The number of benzene rings is 1. The lowest BCUT2D eigenvalue weighted by atomic mass is 10.2. The summed E-state index contributed by atoms with van der Waals surface area (Å²) in [6.07, 6.45) is 2.93. The van der Waals surface area contributed by atoms with Gasteiger partial charge in [0.25, 0.3) is 0 Å². The van der Waals surface area contributed by atoms with Gasteiger partial charge in [0.05, 0.1) is 33.3 Å². The van der Waals surface area contributed by atoms with Crippen LogP contribution < -0.4 is 10.2 Å². The smallest absolute Gasteiger partial charge is 0.243 e. The first-order valence-electron chi connectivity index (χ1n) is 10.4. The van der Waals surface area contributed by atoms with Gasteiger partial charge in [-0.1, -0.05) is 12.5 Å². The van der Waals surface area contributed by atoms with E-state index in [9.17, 15) is 13.2 Å². The van der Waals surface area contributed by atoms with Crippen molar-refractivity contribution >= 4 is 50.0 Å². The Kier molecular flexibility index (Phi) is 6.94. The van der Waals surface area contributed by atoms with E-state index in [0.717, 1.165) is 34.8 Å². The van der Waals surface area contributed by atoms with Crippen molar-refractivity contribution in [3.05, 3.63) is 46.8 Å². The molecule has 0 bridgehead atoms. The molecule has 3 aromatic rings. The summed E-state index contributed by atoms with van der Waals surface area (Å²) in [5.41, 5.74) is 1.92. The van der Waals surface area contributed by atoms with Crippen LogP contribution >= 0.6 is 22.7 Å². The monoisotopic (exact) mass is 490 g/mol. The fraction of sp³-hybridized carbons (Fsp3) is 0.364. The topological polar surface area (TPSA) is 82.6 Å². The van der Waals surface area contributed by atoms with E-state index in [-0.39, 0.29) is 17.2 Å². The third-order valence-corrected chi connectivity index (χ3v) is 9.13. The first kappa shape index (κ1) is 22.9. The third kappa shape index (κ3) is 5.03. The number of carbonyl (C=O) groups excluding carboxylic acids is 1. The van der Waals surface area contributed by atoms with Crippen LogP contribution in [0.5, 0.6) is 0 Å². The van der Waals surface area contributed by atoms with Gasteiger partial charge >= 0.3 is 0 Å². The van der Waals surface area contributed by atoms with E-state index in [1.807, 2.05) is 41.9 Å². The van der Waals surface area contributed by atoms with E-state index in [2.05, 4.69) is 10.3 Å². The number of nitrogens with one attached hydrogen (secondary N) is 1. The number of thiazole rings is 1. The van der Waals surface area contributed by atoms with Crippen molar-refractivity contribution in [3.63, 3.8) is 0 Å². The molecule has 4 rings (SSSR count). The Bertz CT molecular complexity index is 1180. The first-order chi connectivity index (χ1) is 15.3. The predicted molar refractivity (Wildman–Crippen MR) is 131 cm³/mol. The van der Waals surface area contributed by atoms with E-state index in [4.69, 9.17) is 0 Å². The van der Waals surface area contributed by atoms with Crippen LogP contribution in [0.1, 0.15) is 25.0 Å². The molecule has 32 heavy (non-hydrogen) atoms. The summed E-state index contributed by atoms with van der Waals surface area (Å²) in [4.78, 5) is 20.5. The van der Waals surface area contributed by atoms with Gasteiger partial charge < -0.3 is 10.2 Å². The van der Waals surface area contributed by atoms with Crippen molar-refractivity contribution in [2.24, 2.45) is 0 Å². The molecule has 1 fully saturated rings. The summed E-state index contributed by atoms with van der Waals surface area (Å²) in [6, 6.07) is 8.90. The number of anilines is 2. The number of nitrogens with zero attached hydrogens (tertiary/aromatic N) is 3. The first-order valence-corrected chi connectivity index (χ1v) is 13.6. The number of amides is 1. The van der Waals surface area contributed by atoms with Crippen LogP contribution in [0.4, 0.5) is 11.4 Å². The summed E-state index contributed by atoms with van der Waals surface area (Å²) in [5, 5.41) is 7.68. The molecule has 10 heteroatoms. The molecule has 1 saturated heterocycles. The van der Waals surface area contributed by atoms with E-state index < -0.39 is 10.0 Å². The summed E-state index contributed by atoms with van der Waals surface area (Å²) in [5.74, 6) is -0.233. The SMILES string of the molecule is CN(C)c1ccc(S(=O)(=O)N2CCCCC2)cc1NC(=O)Cc1csc(-c2cccs2)n1. The highest BCUT2D eigenvalue weighted by Crippen LogP contribution is 2.31. The number of aromatic nitrogens is 1. The molecule has 0 radical (unpaired) electrons. The average Bonchev–Trinajstić information content (AvgIpc) is 3.46. The molecule has 1 aliphatic rings. The van der Waals surface area contributed by atoms with Crippen molar-refractivity contribution in [2.45, 2.75) is 30.6 Å². The number of hydrogen-bond acceptors (Lipinski definition) is 7. The summed E-state index contributed by atoms with van der Waals surface area (Å²) in [6.45, 7) is 1.08. The van der Waals surface area contributed by atoms with Crippen LogP contribution in [0.15, 0.2) is 46.0 Å². The second-order valence-electron chi connectivity index (χ2n) is 7.88. The molecule has 0 saturated carbocycles. The molecule has 2 aromatic heterocycles. The van der Waals surface area contributed by atoms with Gasteiger partial charge in [-0.2, -0.15) is 4.31 Å². The van der Waals surface area contributed by atoms with Crippen LogP contribution in [0.3, 0.4) is 0 Å². The Morgan fingerprint density at radius 2 is 1.94 bits per heavy atom. The maximum absolute atomic E-state index is 13.1. The minimum atomic E-state index is -3.59. The van der Waals surface area contributed by atoms with Crippen molar-refractivity contribution in [1.29, 1.82) is 0 Å². The molecular formula is C22H26N4O3S3. The van der Waals surface area contributed by atoms with Gasteiger partial charge in [-0.25, -0.2) is 13.4 Å². The van der Waals surface area contributed by atoms with Gasteiger partial charge in [0.1, 0.15) is 5.01 Å². The predicted octanol–water partition coefficient (Wildman–Crippen LogP) is 4.29. The second-order valence-corrected chi connectivity index (χ2v) is 11.6. The normalized spacial score (nSPS) is 14.9. The van der Waals surface area contributed by atoms with Gasteiger partial charge in [0.2, 0.25) is 15.9 Å². The Morgan fingerprint density at radius 1 is 1.16 bits per heavy atom. The number of thiophene rings is 1. The van der Waals surface area contributed by atoms with Gasteiger partial charge in [0.15, 0.2) is 0 Å².